The van der Waals surface area contributed by atoms with E-state index in [9.17, 15) is 9.59 Å². The predicted octanol–water partition coefficient (Wildman–Crippen LogP) is 3.07. The van der Waals surface area contributed by atoms with Crippen LogP contribution >= 0.6 is 0 Å². The zero-order chi connectivity index (χ0) is 16.2. The van der Waals surface area contributed by atoms with E-state index >= 15 is 0 Å². The van der Waals surface area contributed by atoms with Crippen molar-refractivity contribution < 1.29 is 9.59 Å². The van der Waals surface area contributed by atoms with Gasteiger partial charge in [0.05, 0.1) is 17.7 Å². The van der Waals surface area contributed by atoms with Crippen LogP contribution < -0.4 is 10.6 Å². The highest BCUT2D eigenvalue weighted by Gasteiger charge is 2.24. The largest absolute Gasteiger partial charge is 0.349 e. The van der Waals surface area contributed by atoms with Crippen molar-refractivity contribution in [3.63, 3.8) is 0 Å². The van der Waals surface area contributed by atoms with Crippen LogP contribution in [0.4, 0.5) is 5.69 Å². The Hall–Kier alpha value is -2.62. The first-order valence-corrected chi connectivity index (χ1v) is 7.87. The standard InChI is InChI=1S/C19H20N2O2/c1-13-6-8-14(9-7-13)12-18(22)21-17-5-3-2-4-16(17)19(23)20-15-10-11-15/h2-9,15H,10-12H2,1H3,(H,20,23)(H,21,22). The number of para-hydroxylation sites is 1. The number of carbonyl (C=O) groups excluding carboxylic acids is 2. The van der Waals surface area contributed by atoms with Crippen molar-refractivity contribution in [3.05, 3.63) is 65.2 Å². The van der Waals surface area contributed by atoms with Gasteiger partial charge in [-0.05, 0) is 37.5 Å². The number of aryl methyl sites for hydroxylation is 1. The van der Waals surface area contributed by atoms with Gasteiger partial charge in [0.2, 0.25) is 5.91 Å². The summed E-state index contributed by atoms with van der Waals surface area (Å²) in [6, 6.07) is 15.3. The third-order valence-electron chi connectivity index (χ3n) is 3.84. The van der Waals surface area contributed by atoms with Crippen LogP contribution in [0, 0.1) is 6.92 Å². The van der Waals surface area contributed by atoms with Crippen molar-refractivity contribution in [1.29, 1.82) is 0 Å². The fourth-order valence-corrected chi connectivity index (χ4v) is 2.37. The number of hydrogen-bond donors (Lipinski definition) is 2. The lowest BCUT2D eigenvalue weighted by molar-refractivity contribution is -0.115. The zero-order valence-corrected chi connectivity index (χ0v) is 13.1. The maximum absolute atomic E-state index is 12.2. The van der Waals surface area contributed by atoms with E-state index in [1.807, 2.05) is 37.3 Å². The Bertz CT molecular complexity index is 718. The molecule has 0 unspecified atom stereocenters. The van der Waals surface area contributed by atoms with Gasteiger partial charge in [0.1, 0.15) is 0 Å². The van der Waals surface area contributed by atoms with Gasteiger partial charge in [0.25, 0.3) is 5.91 Å². The molecule has 4 nitrogen and oxygen atoms in total. The molecule has 1 saturated carbocycles. The summed E-state index contributed by atoms with van der Waals surface area (Å²) in [7, 11) is 0. The lowest BCUT2D eigenvalue weighted by Crippen LogP contribution is -2.27. The summed E-state index contributed by atoms with van der Waals surface area (Å²) in [4.78, 5) is 24.5. The molecular formula is C19H20N2O2. The number of carbonyl (C=O) groups is 2. The van der Waals surface area contributed by atoms with E-state index in [1.165, 1.54) is 0 Å². The van der Waals surface area contributed by atoms with E-state index in [0.717, 1.165) is 24.0 Å². The maximum Gasteiger partial charge on any atom is 0.253 e. The Morgan fingerprint density at radius 3 is 2.43 bits per heavy atom. The van der Waals surface area contributed by atoms with Gasteiger partial charge in [0.15, 0.2) is 0 Å². The van der Waals surface area contributed by atoms with Crippen molar-refractivity contribution in [3.8, 4) is 0 Å². The molecule has 2 amide bonds. The van der Waals surface area contributed by atoms with Crippen molar-refractivity contribution >= 4 is 17.5 Å². The van der Waals surface area contributed by atoms with Crippen LogP contribution in [-0.2, 0) is 11.2 Å². The smallest absolute Gasteiger partial charge is 0.253 e. The average Bonchev–Trinajstić information content (AvgIpc) is 3.34. The topological polar surface area (TPSA) is 58.2 Å². The van der Waals surface area contributed by atoms with E-state index in [-0.39, 0.29) is 11.8 Å². The Labute approximate surface area is 135 Å². The molecule has 0 spiro atoms. The summed E-state index contributed by atoms with van der Waals surface area (Å²) in [5, 5.41) is 5.80. The van der Waals surface area contributed by atoms with Gasteiger partial charge >= 0.3 is 0 Å². The Balaban J connectivity index is 1.67. The predicted molar refractivity (Wildman–Crippen MR) is 90.4 cm³/mol. The highest BCUT2D eigenvalue weighted by molar-refractivity contribution is 6.04. The molecule has 2 aromatic carbocycles. The van der Waals surface area contributed by atoms with E-state index in [4.69, 9.17) is 0 Å². The Morgan fingerprint density at radius 2 is 1.74 bits per heavy atom. The molecule has 1 aliphatic carbocycles. The molecule has 0 aliphatic heterocycles. The van der Waals surface area contributed by atoms with Crippen LogP contribution in [0.2, 0.25) is 0 Å². The molecule has 0 heterocycles. The second-order valence-corrected chi connectivity index (χ2v) is 6.00. The van der Waals surface area contributed by atoms with Crippen molar-refractivity contribution in [2.24, 2.45) is 0 Å². The van der Waals surface area contributed by atoms with Crippen LogP contribution in [0.15, 0.2) is 48.5 Å². The number of nitrogens with one attached hydrogen (secondary N) is 2. The lowest BCUT2D eigenvalue weighted by atomic mass is 10.1. The zero-order valence-electron chi connectivity index (χ0n) is 13.1. The van der Waals surface area contributed by atoms with Crippen molar-refractivity contribution in [2.45, 2.75) is 32.2 Å². The molecule has 118 valence electrons. The van der Waals surface area contributed by atoms with Gasteiger partial charge in [-0.2, -0.15) is 0 Å². The summed E-state index contributed by atoms with van der Waals surface area (Å²) in [5.41, 5.74) is 3.18. The van der Waals surface area contributed by atoms with Crippen LogP contribution in [0.5, 0.6) is 0 Å². The molecule has 0 aromatic heterocycles. The fourth-order valence-electron chi connectivity index (χ4n) is 2.37. The average molecular weight is 308 g/mol. The quantitative estimate of drug-likeness (QED) is 0.892. The molecule has 23 heavy (non-hydrogen) atoms. The number of anilines is 1. The summed E-state index contributed by atoms with van der Waals surface area (Å²) in [6.45, 7) is 2.01. The highest BCUT2D eigenvalue weighted by Crippen LogP contribution is 2.21. The molecule has 3 rings (SSSR count). The fraction of sp³-hybridized carbons (Fsp3) is 0.263. The Morgan fingerprint density at radius 1 is 1.04 bits per heavy atom. The first-order chi connectivity index (χ1) is 11.1. The van der Waals surface area contributed by atoms with Gasteiger partial charge in [-0.3, -0.25) is 9.59 Å². The molecule has 0 radical (unpaired) electrons. The Kier molecular flexibility index (Phi) is 4.42. The van der Waals surface area contributed by atoms with Crippen molar-refractivity contribution in [2.75, 3.05) is 5.32 Å². The molecule has 2 aromatic rings. The highest BCUT2D eigenvalue weighted by atomic mass is 16.2. The van der Waals surface area contributed by atoms with E-state index in [1.54, 1.807) is 18.2 Å². The summed E-state index contributed by atoms with van der Waals surface area (Å²) in [5.74, 6) is -0.251. The van der Waals surface area contributed by atoms with Gasteiger partial charge in [-0.25, -0.2) is 0 Å². The SMILES string of the molecule is Cc1ccc(CC(=O)Nc2ccccc2C(=O)NC2CC2)cc1. The molecule has 2 N–H and O–H groups in total. The molecule has 1 aliphatic rings. The molecule has 0 bridgehead atoms. The molecule has 1 fully saturated rings. The van der Waals surface area contributed by atoms with Crippen LogP contribution in [0.25, 0.3) is 0 Å². The van der Waals surface area contributed by atoms with Crippen molar-refractivity contribution in [1.82, 2.24) is 5.32 Å². The maximum atomic E-state index is 12.2. The minimum absolute atomic E-state index is 0.125. The minimum atomic E-state index is -0.126. The summed E-state index contributed by atoms with van der Waals surface area (Å²) >= 11 is 0. The second kappa shape index (κ2) is 6.65. The van der Waals surface area contributed by atoms with Gasteiger partial charge < -0.3 is 10.6 Å². The van der Waals surface area contributed by atoms with Crippen LogP contribution in [-0.4, -0.2) is 17.9 Å². The number of amides is 2. The van der Waals surface area contributed by atoms with Crippen LogP contribution in [0.3, 0.4) is 0 Å². The van der Waals surface area contributed by atoms with E-state index in [2.05, 4.69) is 10.6 Å². The second-order valence-electron chi connectivity index (χ2n) is 6.00. The monoisotopic (exact) mass is 308 g/mol. The molecular weight excluding hydrogens is 288 g/mol. The third-order valence-corrected chi connectivity index (χ3v) is 3.84. The van der Waals surface area contributed by atoms with E-state index in [0.29, 0.717) is 23.7 Å². The van der Waals surface area contributed by atoms with Gasteiger partial charge in [-0.15, -0.1) is 0 Å². The lowest BCUT2D eigenvalue weighted by Gasteiger charge is -2.11. The molecule has 0 saturated heterocycles. The number of rotatable bonds is 5. The van der Waals surface area contributed by atoms with Gasteiger partial charge in [0, 0.05) is 6.04 Å². The van der Waals surface area contributed by atoms with Crippen LogP contribution in [0.1, 0.15) is 34.3 Å². The third kappa shape index (κ3) is 4.19. The number of hydrogen-bond acceptors (Lipinski definition) is 2. The summed E-state index contributed by atoms with van der Waals surface area (Å²) < 4.78 is 0. The van der Waals surface area contributed by atoms with Gasteiger partial charge in [-0.1, -0.05) is 42.0 Å². The van der Waals surface area contributed by atoms with E-state index < -0.39 is 0 Å². The molecule has 0 atom stereocenters. The number of benzene rings is 2. The summed E-state index contributed by atoms with van der Waals surface area (Å²) in [6.07, 6.45) is 2.36. The molecule has 4 heteroatoms. The first kappa shape index (κ1) is 15.3. The first-order valence-electron chi connectivity index (χ1n) is 7.87. The minimum Gasteiger partial charge on any atom is -0.349 e. The normalized spacial score (nSPS) is 13.4.